The molecule has 100 valence electrons. The van der Waals surface area contributed by atoms with Crippen LogP contribution in [0.1, 0.15) is 18.6 Å². The number of aliphatic hydroxyl groups excluding tert-OH is 1. The summed E-state index contributed by atoms with van der Waals surface area (Å²) in [5.41, 5.74) is 5.08. The van der Waals surface area contributed by atoms with Crippen molar-refractivity contribution >= 4 is 5.91 Å². The molecule has 1 aromatic carbocycles. The summed E-state index contributed by atoms with van der Waals surface area (Å²) in [6, 6.07) is 3.67. The normalized spacial score (nSPS) is 12.3. The number of carbonyl (C=O) groups excluding carboxylic acids is 1. The Bertz CT molecular complexity index is 426. The summed E-state index contributed by atoms with van der Waals surface area (Å²) in [6.45, 7) is -1.12. The summed E-state index contributed by atoms with van der Waals surface area (Å²) in [5.74, 6) is -1.11. The highest BCUT2D eigenvalue weighted by Crippen LogP contribution is 2.31. The Hall–Kier alpha value is -1.89. The van der Waals surface area contributed by atoms with Crippen LogP contribution in [0.5, 0.6) is 11.5 Å². The molecule has 0 spiro atoms. The minimum Gasteiger partial charge on any atom is -0.490 e. The van der Waals surface area contributed by atoms with E-state index in [-0.39, 0.29) is 23.7 Å². The van der Waals surface area contributed by atoms with E-state index in [9.17, 15) is 18.7 Å². The zero-order valence-electron chi connectivity index (χ0n) is 9.60. The molecule has 0 heterocycles. The van der Waals surface area contributed by atoms with E-state index in [1.807, 2.05) is 0 Å². The van der Waals surface area contributed by atoms with Gasteiger partial charge in [0.2, 0.25) is 0 Å². The zero-order chi connectivity index (χ0) is 13.7. The van der Waals surface area contributed by atoms with E-state index in [1.165, 1.54) is 18.2 Å². The number of primary amides is 1. The van der Waals surface area contributed by atoms with Gasteiger partial charge in [0.05, 0.1) is 6.61 Å². The molecule has 0 aromatic heterocycles. The quantitative estimate of drug-likeness (QED) is 0.806. The van der Waals surface area contributed by atoms with Crippen molar-refractivity contribution in [3.63, 3.8) is 0 Å². The first-order valence-corrected chi connectivity index (χ1v) is 5.14. The number of rotatable bonds is 6. The van der Waals surface area contributed by atoms with Gasteiger partial charge in [0.15, 0.2) is 17.6 Å². The zero-order valence-corrected chi connectivity index (χ0v) is 9.60. The van der Waals surface area contributed by atoms with Crippen molar-refractivity contribution in [2.45, 2.75) is 19.6 Å². The highest BCUT2D eigenvalue weighted by molar-refractivity contribution is 5.80. The highest BCUT2D eigenvalue weighted by Gasteiger charge is 2.18. The fourth-order valence-electron chi connectivity index (χ4n) is 1.32. The molecule has 18 heavy (non-hydrogen) atoms. The van der Waals surface area contributed by atoms with E-state index in [0.29, 0.717) is 0 Å². The third-order valence-corrected chi connectivity index (χ3v) is 2.07. The molecule has 1 atom stereocenters. The fraction of sp³-hybridized carbons (Fsp3) is 0.364. The van der Waals surface area contributed by atoms with Crippen LogP contribution < -0.4 is 15.2 Å². The molecular formula is C11H13F2NO4. The predicted octanol–water partition coefficient (Wildman–Crippen LogP) is 1.21. The van der Waals surface area contributed by atoms with E-state index >= 15 is 0 Å². The molecular weight excluding hydrogens is 248 g/mol. The Morgan fingerprint density at radius 3 is 2.61 bits per heavy atom. The van der Waals surface area contributed by atoms with Crippen LogP contribution in [0, 0.1) is 0 Å². The summed E-state index contributed by atoms with van der Waals surface area (Å²) in [6.07, 6.45) is -1.52. The average Bonchev–Trinajstić information content (AvgIpc) is 2.30. The van der Waals surface area contributed by atoms with Crippen molar-refractivity contribution in [3.8, 4) is 11.5 Å². The molecule has 0 fully saturated rings. The molecule has 0 bridgehead atoms. The van der Waals surface area contributed by atoms with Gasteiger partial charge in [0.1, 0.15) is 0 Å². The average molecular weight is 261 g/mol. The fourth-order valence-corrected chi connectivity index (χ4v) is 1.32. The molecule has 0 aliphatic carbocycles. The Morgan fingerprint density at radius 1 is 1.44 bits per heavy atom. The maximum Gasteiger partial charge on any atom is 0.387 e. The third-order valence-electron chi connectivity index (χ3n) is 2.07. The number of amides is 1. The monoisotopic (exact) mass is 261 g/mol. The Labute approximate surface area is 102 Å². The maximum atomic E-state index is 12.1. The summed E-state index contributed by atoms with van der Waals surface area (Å²) in [7, 11) is 0. The molecule has 0 aliphatic rings. The predicted molar refractivity (Wildman–Crippen MR) is 58.4 cm³/mol. The summed E-state index contributed by atoms with van der Waals surface area (Å²) in [4.78, 5) is 10.8. The first kappa shape index (κ1) is 14.2. The molecule has 5 nitrogen and oxygen atoms in total. The van der Waals surface area contributed by atoms with Gasteiger partial charge < -0.3 is 20.3 Å². The van der Waals surface area contributed by atoms with E-state index in [1.54, 1.807) is 6.92 Å². The maximum absolute atomic E-state index is 12.1. The van der Waals surface area contributed by atoms with Gasteiger partial charge in [-0.3, -0.25) is 4.79 Å². The van der Waals surface area contributed by atoms with E-state index < -0.39 is 18.6 Å². The van der Waals surface area contributed by atoms with Gasteiger partial charge in [-0.05, 0) is 24.6 Å². The van der Waals surface area contributed by atoms with Gasteiger partial charge in [-0.1, -0.05) is 6.07 Å². The Kier molecular flexibility index (Phi) is 4.85. The standard InChI is InChI=1S/C11H13F2NO4/c1-2-17-8-5-6(9(15)10(14)16)3-4-7(8)18-11(12)13/h3-5,9,11,15H,2H2,1H3,(H2,14,16). The number of benzene rings is 1. The molecule has 7 heteroatoms. The number of aliphatic hydroxyl groups is 1. The van der Waals surface area contributed by atoms with Crippen LogP contribution in [0.3, 0.4) is 0 Å². The SMILES string of the molecule is CCOc1cc(C(O)C(N)=O)ccc1OC(F)F. The first-order chi connectivity index (χ1) is 8.45. The van der Waals surface area contributed by atoms with Gasteiger partial charge >= 0.3 is 6.61 Å². The second-order valence-electron chi connectivity index (χ2n) is 3.32. The van der Waals surface area contributed by atoms with Crippen LogP contribution in [-0.4, -0.2) is 24.2 Å². The molecule has 1 unspecified atom stereocenters. The van der Waals surface area contributed by atoms with Crippen LogP contribution in [-0.2, 0) is 4.79 Å². The number of ether oxygens (including phenoxy) is 2. The molecule has 0 saturated carbocycles. The van der Waals surface area contributed by atoms with Crippen LogP contribution in [0.25, 0.3) is 0 Å². The lowest BCUT2D eigenvalue weighted by Gasteiger charge is -2.14. The highest BCUT2D eigenvalue weighted by atomic mass is 19.3. The van der Waals surface area contributed by atoms with Crippen molar-refractivity contribution < 1.29 is 28.2 Å². The number of halogens is 2. The van der Waals surface area contributed by atoms with E-state index in [4.69, 9.17) is 10.5 Å². The molecule has 0 saturated heterocycles. The molecule has 3 N–H and O–H groups in total. The summed E-state index contributed by atoms with van der Waals surface area (Å²) in [5, 5.41) is 9.44. The number of nitrogens with two attached hydrogens (primary N) is 1. The van der Waals surface area contributed by atoms with Crippen LogP contribution in [0.15, 0.2) is 18.2 Å². The number of hydrogen-bond acceptors (Lipinski definition) is 4. The lowest BCUT2D eigenvalue weighted by atomic mass is 10.1. The van der Waals surface area contributed by atoms with Crippen molar-refractivity contribution in [2.24, 2.45) is 5.73 Å². The molecule has 0 aliphatic heterocycles. The third kappa shape index (κ3) is 3.56. The minimum atomic E-state index is -2.99. The van der Waals surface area contributed by atoms with Gasteiger partial charge in [-0.2, -0.15) is 8.78 Å². The van der Waals surface area contributed by atoms with Gasteiger partial charge in [0.25, 0.3) is 5.91 Å². The van der Waals surface area contributed by atoms with Crippen molar-refractivity contribution in [1.29, 1.82) is 0 Å². The lowest BCUT2D eigenvalue weighted by Crippen LogP contribution is -2.20. The van der Waals surface area contributed by atoms with Crippen molar-refractivity contribution in [2.75, 3.05) is 6.61 Å². The summed E-state index contributed by atoms with van der Waals surface area (Å²) < 4.78 is 33.6. The number of alkyl halides is 2. The second-order valence-corrected chi connectivity index (χ2v) is 3.32. The van der Waals surface area contributed by atoms with Gasteiger partial charge in [-0.15, -0.1) is 0 Å². The van der Waals surface area contributed by atoms with Crippen LogP contribution >= 0.6 is 0 Å². The van der Waals surface area contributed by atoms with Gasteiger partial charge in [0, 0.05) is 0 Å². The molecule has 1 rings (SSSR count). The Morgan fingerprint density at radius 2 is 2.11 bits per heavy atom. The van der Waals surface area contributed by atoms with Crippen molar-refractivity contribution in [1.82, 2.24) is 0 Å². The first-order valence-electron chi connectivity index (χ1n) is 5.14. The van der Waals surface area contributed by atoms with Crippen molar-refractivity contribution in [3.05, 3.63) is 23.8 Å². The molecule has 0 radical (unpaired) electrons. The Balaban J connectivity index is 3.05. The van der Waals surface area contributed by atoms with Crippen LogP contribution in [0.2, 0.25) is 0 Å². The van der Waals surface area contributed by atoms with E-state index in [0.717, 1.165) is 0 Å². The minimum absolute atomic E-state index is 0.00981. The van der Waals surface area contributed by atoms with Crippen LogP contribution in [0.4, 0.5) is 8.78 Å². The van der Waals surface area contributed by atoms with Gasteiger partial charge in [-0.25, -0.2) is 0 Å². The topological polar surface area (TPSA) is 81.8 Å². The molecule has 1 aromatic rings. The summed E-state index contributed by atoms with van der Waals surface area (Å²) >= 11 is 0. The number of carbonyl (C=O) groups is 1. The smallest absolute Gasteiger partial charge is 0.387 e. The second kappa shape index (κ2) is 6.15. The lowest BCUT2D eigenvalue weighted by molar-refractivity contribution is -0.126. The number of hydrogen-bond donors (Lipinski definition) is 2. The van der Waals surface area contributed by atoms with E-state index in [2.05, 4.69) is 4.74 Å². The largest absolute Gasteiger partial charge is 0.490 e. The molecule has 1 amide bonds.